The molecular formula is C12H16ClN. The largest absolute Gasteiger partial charge is 0.260 e. The Morgan fingerprint density at radius 2 is 2.29 bits per heavy atom. The van der Waals surface area contributed by atoms with Gasteiger partial charge in [0.2, 0.25) is 0 Å². The van der Waals surface area contributed by atoms with Gasteiger partial charge in [-0.05, 0) is 31.9 Å². The highest BCUT2D eigenvalue weighted by atomic mass is 35.5. The molecule has 0 N–H and O–H groups in total. The average Bonchev–Trinajstić information content (AvgIpc) is 2.19. The molecule has 0 aromatic carbocycles. The lowest BCUT2D eigenvalue weighted by Gasteiger charge is -2.12. The van der Waals surface area contributed by atoms with Gasteiger partial charge in [-0.25, -0.2) is 0 Å². The highest BCUT2D eigenvalue weighted by Crippen LogP contribution is 2.26. The lowest BCUT2D eigenvalue weighted by Crippen LogP contribution is -2.00. The van der Waals surface area contributed by atoms with Crippen molar-refractivity contribution in [2.45, 2.75) is 33.1 Å². The van der Waals surface area contributed by atoms with E-state index < -0.39 is 0 Å². The molecule has 76 valence electrons. The van der Waals surface area contributed by atoms with Crippen molar-refractivity contribution in [3.05, 3.63) is 40.7 Å². The molecule has 0 radical (unpaired) electrons. The molecule has 1 atom stereocenters. The maximum Gasteiger partial charge on any atom is 0.0516 e. The van der Waals surface area contributed by atoms with Gasteiger partial charge >= 0.3 is 0 Å². The van der Waals surface area contributed by atoms with Crippen molar-refractivity contribution in [2.24, 2.45) is 0 Å². The molecule has 14 heavy (non-hydrogen) atoms. The standard InChI is InChI=1S/C12H16ClN/c1-4-6-10(5-2)12-9(3)11(13)7-8-14-12/h4,6-8,10H,5H2,1-3H3/b6-4+. The Kier molecular flexibility index (Phi) is 4.15. The van der Waals surface area contributed by atoms with Crippen molar-refractivity contribution < 1.29 is 0 Å². The lowest BCUT2D eigenvalue weighted by atomic mass is 9.97. The van der Waals surface area contributed by atoms with E-state index in [0.29, 0.717) is 5.92 Å². The quantitative estimate of drug-likeness (QED) is 0.683. The second-order valence-corrected chi connectivity index (χ2v) is 3.75. The Hall–Kier alpha value is -0.820. The minimum Gasteiger partial charge on any atom is -0.260 e. The smallest absolute Gasteiger partial charge is 0.0516 e. The van der Waals surface area contributed by atoms with Gasteiger partial charge in [-0.1, -0.05) is 30.7 Å². The van der Waals surface area contributed by atoms with Gasteiger partial charge in [0.25, 0.3) is 0 Å². The summed E-state index contributed by atoms with van der Waals surface area (Å²) in [5.74, 6) is 0.388. The van der Waals surface area contributed by atoms with Crippen molar-refractivity contribution in [1.82, 2.24) is 4.98 Å². The molecule has 0 aliphatic heterocycles. The maximum atomic E-state index is 6.05. The van der Waals surface area contributed by atoms with E-state index in [1.165, 1.54) is 0 Å². The molecule has 1 heterocycles. The van der Waals surface area contributed by atoms with E-state index in [0.717, 1.165) is 22.7 Å². The highest BCUT2D eigenvalue weighted by Gasteiger charge is 2.11. The zero-order valence-electron chi connectivity index (χ0n) is 8.92. The molecule has 0 fully saturated rings. The molecule has 0 saturated carbocycles. The fourth-order valence-electron chi connectivity index (χ4n) is 1.55. The molecule has 0 bridgehead atoms. The molecule has 0 aliphatic rings. The van der Waals surface area contributed by atoms with Crippen molar-refractivity contribution in [1.29, 1.82) is 0 Å². The van der Waals surface area contributed by atoms with Crippen LogP contribution in [0.4, 0.5) is 0 Å². The number of rotatable bonds is 3. The molecule has 0 aliphatic carbocycles. The summed E-state index contributed by atoms with van der Waals surface area (Å²) in [6, 6.07) is 1.84. The van der Waals surface area contributed by atoms with Crippen LogP contribution in [0.5, 0.6) is 0 Å². The summed E-state index contributed by atoms with van der Waals surface area (Å²) in [5, 5.41) is 0.804. The van der Waals surface area contributed by atoms with E-state index in [1.54, 1.807) is 6.20 Å². The third-order valence-electron chi connectivity index (χ3n) is 2.39. The molecule has 0 spiro atoms. The van der Waals surface area contributed by atoms with Crippen molar-refractivity contribution in [3.63, 3.8) is 0 Å². The zero-order valence-corrected chi connectivity index (χ0v) is 9.67. The SMILES string of the molecule is C/C=C/C(CC)c1nccc(Cl)c1C. The number of aromatic nitrogens is 1. The first kappa shape index (κ1) is 11.3. The molecule has 0 saturated heterocycles. The number of hydrogen-bond acceptors (Lipinski definition) is 1. The van der Waals surface area contributed by atoms with Gasteiger partial charge in [0, 0.05) is 17.1 Å². The number of halogens is 1. The van der Waals surface area contributed by atoms with Crippen LogP contribution in [0.2, 0.25) is 5.02 Å². The number of pyridine rings is 1. The predicted octanol–water partition coefficient (Wildman–Crippen LogP) is 4.11. The van der Waals surface area contributed by atoms with Crippen LogP contribution >= 0.6 is 11.6 Å². The van der Waals surface area contributed by atoms with Crippen LogP contribution in [0.3, 0.4) is 0 Å². The zero-order chi connectivity index (χ0) is 10.6. The van der Waals surface area contributed by atoms with Gasteiger partial charge in [-0.3, -0.25) is 4.98 Å². The normalized spacial score (nSPS) is 13.4. The summed E-state index contributed by atoms with van der Waals surface area (Å²) in [4.78, 5) is 4.39. The molecule has 1 aromatic rings. The summed E-state index contributed by atoms with van der Waals surface area (Å²) >= 11 is 6.05. The molecule has 2 heteroatoms. The number of nitrogens with zero attached hydrogens (tertiary/aromatic N) is 1. The molecule has 1 nitrogen and oxygen atoms in total. The average molecular weight is 210 g/mol. The molecular weight excluding hydrogens is 194 g/mol. The van der Waals surface area contributed by atoms with Gasteiger partial charge in [-0.15, -0.1) is 0 Å². The summed E-state index contributed by atoms with van der Waals surface area (Å²) in [6.07, 6.45) is 7.07. The van der Waals surface area contributed by atoms with Gasteiger partial charge in [0.15, 0.2) is 0 Å². The first-order chi connectivity index (χ1) is 6.70. The Morgan fingerprint density at radius 3 is 2.86 bits per heavy atom. The second-order valence-electron chi connectivity index (χ2n) is 3.34. The summed E-state index contributed by atoms with van der Waals surface area (Å²) in [5.41, 5.74) is 2.19. The third-order valence-corrected chi connectivity index (χ3v) is 2.80. The van der Waals surface area contributed by atoms with Gasteiger partial charge < -0.3 is 0 Å². The Labute approximate surface area is 90.8 Å². The van der Waals surface area contributed by atoms with Crippen LogP contribution in [0, 0.1) is 6.92 Å². The first-order valence-corrected chi connectivity index (χ1v) is 5.32. The van der Waals surface area contributed by atoms with E-state index in [1.807, 2.05) is 19.9 Å². The van der Waals surface area contributed by atoms with Crippen LogP contribution in [0.1, 0.15) is 37.4 Å². The fourth-order valence-corrected chi connectivity index (χ4v) is 1.71. The van der Waals surface area contributed by atoms with Gasteiger partial charge in [0.1, 0.15) is 0 Å². The molecule has 1 rings (SSSR count). The van der Waals surface area contributed by atoms with Crippen molar-refractivity contribution in [3.8, 4) is 0 Å². The highest BCUT2D eigenvalue weighted by molar-refractivity contribution is 6.31. The molecule has 0 amide bonds. The third kappa shape index (κ3) is 2.36. The van der Waals surface area contributed by atoms with E-state index in [2.05, 4.69) is 24.1 Å². The monoisotopic (exact) mass is 209 g/mol. The first-order valence-electron chi connectivity index (χ1n) is 4.94. The van der Waals surface area contributed by atoms with E-state index >= 15 is 0 Å². The number of hydrogen-bond donors (Lipinski definition) is 0. The van der Waals surface area contributed by atoms with Crippen molar-refractivity contribution in [2.75, 3.05) is 0 Å². The summed E-state index contributed by atoms with van der Waals surface area (Å²) in [6.45, 7) is 6.21. The van der Waals surface area contributed by atoms with E-state index in [4.69, 9.17) is 11.6 Å². The van der Waals surface area contributed by atoms with Crippen LogP contribution in [0.25, 0.3) is 0 Å². The minimum absolute atomic E-state index is 0.388. The van der Waals surface area contributed by atoms with E-state index in [-0.39, 0.29) is 0 Å². The lowest BCUT2D eigenvalue weighted by molar-refractivity contribution is 0.766. The van der Waals surface area contributed by atoms with Gasteiger partial charge in [0.05, 0.1) is 5.69 Å². The van der Waals surface area contributed by atoms with E-state index in [9.17, 15) is 0 Å². The summed E-state index contributed by atoms with van der Waals surface area (Å²) in [7, 11) is 0. The van der Waals surface area contributed by atoms with Crippen LogP contribution < -0.4 is 0 Å². The Balaban J connectivity index is 3.10. The Bertz CT molecular complexity index is 331. The molecule has 1 unspecified atom stereocenters. The van der Waals surface area contributed by atoms with Crippen LogP contribution in [0.15, 0.2) is 24.4 Å². The second kappa shape index (κ2) is 5.16. The Morgan fingerprint density at radius 1 is 1.57 bits per heavy atom. The predicted molar refractivity (Wildman–Crippen MR) is 61.8 cm³/mol. The van der Waals surface area contributed by atoms with Crippen LogP contribution in [-0.2, 0) is 0 Å². The van der Waals surface area contributed by atoms with Gasteiger partial charge in [-0.2, -0.15) is 0 Å². The van der Waals surface area contributed by atoms with Crippen LogP contribution in [-0.4, -0.2) is 4.98 Å². The summed E-state index contributed by atoms with van der Waals surface area (Å²) < 4.78 is 0. The minimum atomic E-state index is 0.388. The molecule has 1 aromatic heterocycles. The topological polar surface area (TPSA) is 12.9 Å². The van der Waals surface area contributed by atoms with Crippen molar-refractivity contribution >= 4 is 11.6 Å². The fraction of sp³-hybridized carbons (Fsp3) is 0.417. The maximum absolute atomic E-state index is 6.05. The number of allylic oxidation sites excluding steroid dienone is 2.